The van der Waals surface area contributed by atoms with Gasteiger partial charge in [-0.15, -0.1) is 0 Å². The number of nitrogens with one attached hydrogen (secondary N) is 2. The van der Waals surface area contributed by atoms with E-state index in [0.29, 0.717) is 36.8 Å². The van der Waals surface area contributed by atoms with E-state index in [9.17, 15) is 13.2 Å². The summed E-state index contributed by atoms with van der Waals surface area (Å²) >= 11 is 0. The summed E-state index contributed by atoms with van der Waals surface area (Å²) in [4.78, 5) is 16.4. The first-order valence-corrected chi connectivity index (χ1v) is 10.5. The molecule has 6 nitrogen and oxygen atoms in total. The average Bonchev–Trinajstić information content (AvgIpc) is 3.26. The van der Waals surface area contributed by atoms with Crippen LogP contribution in [-0.4, -0.2) is 26.7 Å². The third-order valence-corrected chi connectivity index (χ3v) is 6.19. The van der Waals surface area contributed by atoms with Crippen molar-refractivity contribution in [1.82, 2.24) is 4.72 Å². The Balaban J connectivity index is 1.59. The fourth-order valence-electron chi connectivity index (χ4n) is 3.44. The van der Waals surface area contributed by atoms with Gasteiger partial charge >= 0.3 is 0 Å². The minimum Gasteiger partial charge on any atom is -0.326 e. The molecular weight excluding hydrogens is 338 g/mol. The molecule has 1 aliphatic heterocycles. The number of nitrogens with zero attached hydrogens (tertiary/aromatic N) is 1. The van der Waals surface area contributed by atoms with E-state index in [1.54, 1.807) is 12.1 Å². The Hall–Kier alpha value is -1.89. The molecule has 1 aromatic carbocycles. The summed E-state index contributed by atoms with van der Waals surface area (Å²) in [7, 11) is -3.66. The lowest BCUT2D eigenvalue weighted by molar-refractivity contribution is -0.116. The van der Waals surface area contributed by atoms with Crippen molar-refractivity contribution in [2.75, 3.05) is 11.9 Å². The van der Waals surface area contributed by atoms with Crippen LogP contribution >= 0.6 is 0 Å². The minimum absolute atomic E-state index is 0.0606. The molecule has 3 rings (SSSR count). The molecule has 1 fully saturated rings. The van der Waals surface area contributed by atoms with Gasteiger partial charge in [0.25, 0.3) is 10.0 Å². The number of rotatable bonds is 6. The average molecular weight is 363 g/mol. The largest absolute Gasteiger partial charge is 0.326 e. The minimum atomic E-state index is -3.66. The molecule has 1 amide bonds. The normalized spacial score (nSPS) is 18.2. The summed E-state index contributed by atoms with van der Waals surface area (Å²) < 4.78 is 27.4. The molecule has 0 bridgehead atoms. The topological polar surface area (TPSA) is 87.6 Å². The van der Waals surface area contributed by atoms with Crippen molar-refractivity contribution >= 4 is 27.5 Å². The molecular formula is C18H25N3O3S. The number of aliphatic imine (C=N–C) groups is 1. The van der Waals surface area contributed by atoms with Crippen molar-refractivity contribution in [2.24, 2.45) is 10.9 Å². The number of amidine groups is 1. The van der Waals surface area contributed by atoms with Gasteiger partial charge in [0.2, 0.25) is 5.91 Å². The molecule has 2 aliphatic rings. The maximum absolute atomic E-state index is 12.4. The number of anilines is 1. The standard InChI is InChI=1S/C18H25N3O3S/c22-18(11-10-14-5-1-2-6-14)20-15-7-3-8-16(13-15)25(23,24)21-17-9-4-12-19-17/h3,7-8,13-14H,1-2,4-6,9-12H2,(H,19,21)(H,20,22). The highest BCUT2D eigenvalue weighted by Crippen LogP contribution is 2.28. The van der Waals surface area contributed by atoms with Crippen molar-refractivity contribution in [3.63, 3.8) is 0 Å². The molecule has 0 atom stereocenters. The van der Waals surface area contributed by atoms with Crippen molar-refractivity contribution in [2.45, 2.75) is 56.3 Å². The predicted molar refractivity (Wildman–Crippen MR) is 98.1 cm³/mol. The van der Waals surface area contributed by atoms with Crippen LogP contribution in [0.15, 0.2) is 34.2 Å². The maximum Gasteiger partial charge on any atom is 0.262 e. The molecule has 0 radical (unpaired) electrons. The van der Waals surface area contributed by atoms with E-state index in [2.05, 4.69) is 15.0 Å². The van der Waals surface area contributed by atoms with Crippen LogP contribution in [0.5, 0.6) is 0 Å². The van der Waals surface area contributed by atoms with E-state index in [4.69, 9.17) is 0 Å². The molecule has 1 aromatic rings. The Morgan fingerprint density at radius 2 is 2.00 bits per heavy atom. The summed E-state index contributed by atoms with van der Waals surface area (Å²) in [5.41, 5.74) is 0.507. The molecule has 1 heterocycles. The zero-order chi connectivity index (χ0) is 17.7. The van der Waals surface area contributed by atoms with E-state index in [-0.39, 0.29) is 10.8 Å². The lowest BCUT2D eigenvalue weighted by atomic mass is 10.0. The smallest absolute Gasteiger partial charge is 0.262 e. The van der Waals surface area contributed by atoms with Gasteiger partial charge < -0.3 is 5.32 Å². The summed E-state index contributed by atoms with van der Waals surface area (Å²) in [6, 6.07) is 6.36. The van der Waals surface area contributed by atoms with Gasteiger partial charge in [0, 0.05) is 25.1 Å². The first-order valence-electron chi connectivity index (χ1n) is 8.99. The van der Waals surface area contributed by atoms with Gasteiger partial charge in [0.1, 0.15) is 5.84 Å². The molecule has 0 unspecified atom stereocenters. The third kappa shape index (κ3) is 5.04. The number of hydrogen-bond donors (Lipinski definition) is 2. The van der Waals surface area contributed by atoms with Crippen LogP contribution in [0.2, 0.25) is 0 Å². The molecule has 25 heavy (non-hydrogen) atoms. The second-order valence-corrected chi connectivity index (χ2v) is 8.49. The number of carbonyl (C=O) groups is 1. The van der Waals surface area contributed by atoms with Gasteiger partial charge in [-0.1, -0.05) is 31.7 Å². The van der Waals surface area contributed by atoms with E-state index >= 15 is 0 Å². The summed E-state index contributed by atoms with van der Waals surface area (Å²) in [6.45, 7) is 0.662. The van der Waals surface area contributed by atoms with Gasteiger partial charge in [-0.25, -0.2) is 8.42 Å². The monoisotopic (exact) mass is 363 g/mol. The number of sulfonamides is 1. The number of carbonyl (C=O) groups excluding carboxylic acids is 1. The molecule has 1 aliphatic carbocycles. The van der Waals surface area contributed by atoms with Crippen LogP contribution in [0, 0.1) is 5.92 Å². The third-order valence-electron chi connectivity index (χ3n) is 4.81. The second kappa shape index (κ2) is 7.99. The lowest BCUT2D eigenvalue weighted by Gasteiger charge is -2.11. The first kappa shape index (κ1) is 17.9. The van der Waals surface area contributed by atoms with Crippen molar-refractivity contribution in [1.29, 1.82) is 0 Å². The molecule has 2 N–H and O–H groups in total. The van der Waals surface area contributed by atoms with Crippen LogP contribution in [0.3, 0.4) is 0 Å². The van der Waals surface area contributed by atoms with E-state index in [1.165, 1.54) is 37.8 Å². The molecule has 7 heteroatoms. The van der Waals surface area contributed by atoms with Crippen LogP contribution in [-0.2, 0) is 14.8 Å². The van der Waals surface area contributed by atoms with Crippen LogP contribution < -0.4 is 10.0 Å². The van der Waals surface area contributed by atoms with E-state index in [0.717, 1.165) is 12.8 Å². The fourth-order valence-corrected chi connectivity index (χ4v) is 4.57. The van der Waals surface area contributed by atoms with Crippen LogP contribution in [0.25, 0.3) is 0 Å². The van der Waals surface area contributed by atoms with Gasteiger partial charge in [-0.2, -0.15) is 0 Å². The second-order valence-electron chi connectivity index (χ2n) is 6.80. The first-order chi connectivity index (χ1) is 12.0. The highest BCUT2D eigenvalue weighted by atomic mass is 32.2. The summed E-state index contributed by atoms with van der Waals surface area (Å²) in [6.07, 6.45) is 7.88. The van der Waals surface area contributed by atoms with Crippen molar-refractivity contribution < 1.29 is 13.2 Å². The van der Waals surface area contributed by atoms with Crippen molar-refractivity contribution in [3.8, 4) is 0 Å². The van der Waals surface area contributed by atoms with E-state index in [1.807, 2.05) is 0 Å². The summed E-state index contributed by atoms with van der Waals surface area (Å²) in [5.74, 6) is 1.11. The fraction of sp³-hybridized carbons (Fsp3) is 0.556. The van der Waals surface area contributed by atoms with Gasteiger partial charge in [0.05, 0.1) is 4.90 Å². The van der Waals surface area contributed by atoms with Gasteiger partial charge in [0.15, 0.2) is 0 Å². The number of benzene rings is 1. The SMILES string of the molecule is O=C(CCC1CCCC1)Nc1cccc(S(=O)(=O)NC2=NCCC2)c1. The van der Waals surface area contributed by atoms with Crippen LogP contribution in [0.1, 0.15) is 51.4 Å². The molecule has 136 valence electrons. The Morgan fingerprint density at radius 3 is 2.72 bits per heavy atom. The highest BCUT2D eigenvalue weighted by molar-refractivity contribution is 7.90. The Kier molecular flexibility index (Phi) is 5.73. The highest BCUT2D eigenvalue weighted by Gasteiger charge is 2.19. The van der Waals surface area contributed by atoms with Crippen molar-refractivity contribution in [3.05, 3.63) is 24.3 Å². The predicted octanol–water partition coefficient (Wildman–Crippen LogP) is 3.07. The van der Waals surface area contributed by atoms with Crippen LogP contribution in [0.4, 0.5) is 5.69 Å². The zero-order valence-electron chi connectivity index (χ0n) is 14.3. The molecule has 0 spiro atoms. The summed E-state index contributed by atoms with van der Waals surface area (Å²) in [5, 5.41) is 2.81. The number of amides is 1. The van der Waals surface area contributed by atoms with E-state index < -0.39 is 10.0 Å². The maximum atomic E-state index is 12.4. The zero-order valence-corrected chi connectivity index (χ0v) is 15.1. The molecule has 0 aromatic heterocycles. The Bertz CT molecular complexity index is 753. The van der Waals surface area contributed by atoms with Gasteiger partial charge in [-0.3, -0.25) is 14.5 Å². The lowest BCUT2D eigenvalue weighted by Crippen LogP contribution is -2.29. The quantitative estimate of drug-likeness (QED) is 0.814. The Labute approximate surface area is 149 Å². The van der Waals surface area contributed by atoms with Gasteiger partial charge in [-0.05, 0) is 37.0 Å². The molecule has 1 saturated carbocycles. The number of hydrogen-bond acceptors (Lipinski definition) is 4. The molecule has 0 saturated heterocycles. The Morgan fingerprint density at radius 1 is 1.20 bits per heavy atom.